The number of nitrogens with two attached hydrogens (primary N) is 2. The van der Waals surface area contributed by atoms with Gasteiger partial charge in [0.25, 0.3) is 0 Å². The standard InChI is InChI=1S/C12H22N2/c1-8(13)11-3-9-2-10(4-11)6-12(14,5-9)7-11/h8-10H,2-7,13-14H2,1H3. The Morgan fingerprint density at radius 1 is 1.14 bits per heavy atom. The molecule has 4 N–H and O–H groups in total. The van der Waals surface area contributed by atoms with Crippen molar-refractivity contribution in [2.45, 2.75) is 57.0 Å². The molecule has 0 radical (unpaired) electrons. The smallest absolute Gasteiger partial charge is 0.0165 e. The summed E-state index contributed by atoms with van der Waals surface area (Å²) >= 11 is 0. The molecule has 0 spiro atoms. The minimum absolute atomic E-state index is 0.164. The zero-order valence-corrected chi connectivity index (χ0v) is 9.13. The third-order valence-electron chi connectivity index (χ3n) is 5.12. The summed E-state index contributed by atoms with van der Waals surface area (Å²) in [4.78, 5) is 0. The van der Waals surface area contributed by atoms with Gasteiger partial charge in [-0.1, -0.05) is 0 Å². The fraction of sp³-hybridized carbons (Fsp3) is 1.00. The highest BCUT2D eigenvalue weighted by atomic mass is 14.8. The van der Waals surface area contributed by atoms with Crippen molar-refractivity contribution in [1.29, 1.82) is 0 Å². The molecule has 4 fully saturated rings. The Hall–Kier alpha value is -0.0800. The number of hydrogen-bond donors (Lipinski definition) is 2. The van der Waals surface area contributed by atoms with Gasteiger partial charge in [-0.3, -0.25) is 0 Å². The maximum Gasteiger partial charge on any atom is 0.0165 e. The molecular weight excluding hydrogens is 172 g/mol. The van der Waals surface area contributed by atoms with Gasteiger partial charge < -0.3 is 11.5 Å². The summed E-state index contributed by atoms with van der Waals surface area (Å²) < 4.78 is 0. The molecule has 0 heterocycles. The van der Waals surface area contributed by atoms with Crippen molar-refractivity contribution >= 4 is 0 Å². The quantitative estimate of drug-likeness (QED) is 0.666. The summed E-state index contributed by atoms with van der Waals surface area (Å²) in [6, 6.07) is 0.344. The largest absolute Gasteiger partial charge is 0.327 e. The highest BCUT2D eigenvalue weighted by molar-refractivity contribution is 5.12. The second-order valence-electron chi connectivity index (χ2n) is 6.47. The lowest BCUT2D eigenvalue weighted by atomic mass is 9.45. The second kappa shape index (κ2) is 2.53. The minimum atomic E-state index is 0.164. The van der Waals surface area contributed by atoms with E-state index in [4.69, 9.17) is 11.5 Å². The van der Waals surface area contributed by atoms with Crippen LogP contribution in [0.25, 0.3) is 0 Å². The third kappa shape index (κ3) is 1.10. The zero-order valence-electron chi connectivity index (χ0n) is 9.13. The first-order valence-corrected chi connectivity index (χ1v) is 6.06. The molecule has 4 saturated carbocycles. The van der Waals surface area contributed by atoms with Gasteiger partial charge in [-0.15, -0.1) is 0 Å². The van der Waals surface area contributed by atoms with Gasteiger partial charge in [0.15, 0.2) is 0 Å². The second-order valence-corrected chi connectivity index (χ2v) is 6.47. The topological polar surface area (TPSA) is 52.0 Å². The molecule has 0 aromatic rings. The summed E-state index contributed by atoms with van der Waals surface area (Å²) in [7, 11) is 0. The summed E-state index contributed by atoms with van der Waals surface area (Å²) in [5, 5.41) is 0. The average Bonchev–Trinajstić information content (AvgIpc) is 1.98. The third-order valence-corrected chi connectivity index (χ3v) is 5.12. The monoisotopic (exact) mass is 194 g/mol. The van der Waals surface area contributed by atoms with Gasteiger partial charge in [0, 0.05) is 11.6 Å². The fourth-order valence-electron chi connectivity index (χ4n) is 4.94. The van der Waals surface area contributed by atoms with Crippen LogP contribution < -0.4 is 11.5 Å². The van der Waals surface area contributed by atoms with E-state index in [-0.39, 0.29) is 5.54 Å². The van der Waals surface area contributed by atoms with E-state index in [0.29, 0.717) is 11.5 Å². The summed E-state index contributed by atoms with van der Waals surface area (Å²) in [5.74, 6) is 1.79. The van der Waals surface area contributed by atoms with Crippen molar-refractivity contribution in [3.05, 3.63) is 0 Å². The Labute approximate surface area is 86.4 Å². The average molecular weight is 194 g/mol. The molecule has 0 saturated heterocycles. The summed E-state index contributed by atoms with van der Waals surface area (Å²) in [6.07, 6.45) is 7.91. The Bertz CT molecular complexity index is 245. The van der Waals surface area contributed by atoms with Crippen LogP contribution in [-0.2, 0) is 0 Å². The van der Waals surface area contributed by atoms with E-state index in [0.717, 1.165) is 11.8 Å². The van der Waals surface area contributed by atoms with Crippen molar-refractivity contribution in [3.8, 4) is 0 Å². The van der Waals surface area contributed by atoms with E-state index in [1.807, 2.05) is 0 Å². The molecule has 2 heteroatoms. The zero-order chi connectivity index (χ0) is 9.97. The molecular formula is C12H22N2. The Morgan fingerprint density at radius 3 is 2.14 bits per heavy atom. The van der Waals surface area contributed by atoms with Crippen LogP contribution in [-0.4, -0.2) is 11.6 Å². The normalized spacial score (nSPS) is 57.6. The van der Waals surface area contributed by atoms with Gasteiger partial charge in [0.05, 0.1) is 0 Å². The molecule has 14 heavy (non-hydrogen) atoms. The van der Waals surface area contributed by atoms with E-state index in [1.54, 1.807) is 0 Å². The van der Waals surface area contributed by atoms with Crippen molar-refractivity contribution in [2.24, 2.45) is 28.7 Å². The molecule has 3 atom stereocenters. The van der Waals surface area contributed by atoms with E-state index in [1.165, 1.54) is 38.5 Å². The van der Waals surface area contributed by atoms with Gasteiger partial charge >= 0.3 is 0 Å². The summed E-state index contributed by atoms with van der Waals surface area (Å²) in [5.41, 5.74) is 13.3. The van der Waals surface area contributed by atoms with Crippen LogP contribution >= 0.6 is 0 Å². The molecule has 4 rings (SSSR count). The van der Waals surface area contributed by atoms with Crippen LogP contribution in [0, 0.1) is 17.3 Å². The Morgan fingerprint density at radius 2 is 1.71 bits per heavy atom. The predicted octanol–water partition coefficient (Wildman–Crippen LogP) is 1.63. The highest BCUT2D eigenvalue weighted by Crippen LogP contribution is 2.61. The first-order chi connectivity index (χ1) is 6.51. The molecule has 4 aliphatic carbocycles. The van der Waals surface area contributed by atoms with Gasteiger partial charge in [0.2, 0.25) is 0 Å². The van der Waals surface area contributed by atoms with Crippen LogP contribution in [0.15, 0.2) is 0 Å². The molecule has 0 aromatic carbocycles. The Kier molecular flexibility index (Phi) is 1.66. The van der Waals surface area contributed by atoms with E-state index in [2.05, 4.69) is 6.92 Å². The van der Waals surface area contributed by atoms with Gasteiger partial charge in [-0.05, 0) is 62.7 Å². The van der Waals surface area contributed by atoms with Gasteiger partial charge in [0.1, 0.15) is 0 Å². The molecule has 0 aliphatic heterocycles. The van der Waals surface area contributed by atoms with E-state index < -0.39 is 0 Å². The van der Waals surface area contributed by atoms with Crippen molar-refractivity contribution < 1.29 is 0 Å². The van der Waals surface area contributed by atoms with Crippen molar-refractivity contribution in [1.82, 2.24) is 0 Å². The Balaban J connectivity index is 1.96. The highest BCUT2D eigenvalue weighted by Gasteiger charge is 2.57. The molecule has 0 amide bonds. The maximum absolute atomic E-state index is 6.49. The summed E-state index contributed by atoms with van der Waals surface area (Å²) in [6.45, 7) is 2.19. The van der Waals surface area contributed by atoms with Crippen LogP contribution in [0.1, 0.15) is 45.4 Å². The first kappa shape index (κ1) is 9.17. The molecule has 4 bridgehead atoms. The predicted molar refractivity (Wildman–Crippen MR) is 57.7 cm³/mol. The molecule has 3 unspecified atom stereocenters. The lowest BCUT2D eigenvalue weighted by Gasteiger charge is -2.62. The lowest BCUT2D eigenvalue weighted by Crippen LogP contribution is -2.63. The van der Waals surface area contributed by atoms with E-state index in [9.17, 15) is 0 Å². The lowest BCUT2D eigenvalue weighted by molar-refractivity contribution is -0.0772. The van der Waals surface area contributed by atoms with Crippen LogP contribution in [0.4, 0.5) is 0 Å². The van der Waals surface area contributed by atoms with Crippen molar-refractivity contribution in [3.63, 3.8) is 0 Å². The molecule has 4 aliphatic rings. The van der Waals surface area contributed by atoms with Gasteiger partial charge in [-0.2, -0.15) is 0 Å². The fourth-order valence-corrected chi connectivity index (χ4v) is 4.94. The maximum atomic E-state index is 6.49. The van der Waals surface area contributed by atoms with Crippen LogP contribution in [0.2, 0.25) is 0 Å². The number of rotatable bonds is 1. The van der Waals surface area contributed by atoms with Gasteiger partial charge in [-0.25, -0.2) is 0 Å². The molecule has 2 nitrogen and oxygen atoms in total. The molecule has 80 valence electrons. The van der Waals surface area contributed by atoms with E-state index >= 15 is 0 Å². The number of hydrogen-bond acceptors (Lipinski definition) is 2. The van der Waals surface area contributed by atoms with Crippen LogP contribution in [0.5, 0.6) is 0 Å². The first-order valence-electron chi connectivity index (χ1n) is 6.06. The van der Waals surface area contributed by atoms with Crippen molar-refractivity contribution in [2.75, 3.05) is 0 Å². The van der Waals surface area contributed by atoms with Crippen LogP contribution in [0.3, 0.4) is 0 Å². The molecule has 0 aromatic heterocycles. The minimum Gasteiger partial charge on any atom is -0.327 e. The SMILES string of the molecule is CC(N)C12CC3CC(CC(N)(C3)C1)C2.